The van der Waals surface area contributed by atoms with Crippen molar-refractivity contribution in [3.63, 3.8) is 0 Å². The second kappa shape index (κ2) is 6.39. The van der Waals surface area contributed by atoms with E-state index in [4.69, 9.17) is 11.6 Å². The van der Waals surface area contributed by atoms with Crippen molar-refractivity contribution in [1.82, 2.24) is 14.8 Å². The van der Waals surface area contributed by atoms with Gasteiger partial charge in [0.25, 0.3) is 11.5 Å². The van der Waals surface area contributed by atoms with E-state index in [1.54, 1.807) is 31.1 Å². The van der Waals surface area contributed by atoms with Crippen molar-refractivity contribution in [2.24, 2.45) is 7.05 Å². The Hall–Kier alpha value is -2.86. The zero-order valence-corrected chi connectivity index (χ0v) is 16.0. The highest BCUT2D eigenvalue weighted by atomic mass is 35.5. The van der Waals surface area contributed by atoms with E-state index in [2.05, 4.69) is 10.2 Å². The molecule has 1 atom stereocenters. The number of aromatic nitrogens is 3. The Morgan fingerprint density at radius 1 is 1.22 bits per heavy atom. The quantitative estimate of drug-likeness (QED) is 0.754. The van der Waals surface area contributed by atoms with Gasteiger partial charge in [-0.05, 0) is 37.1 Å². The Morgan fingerprint density at radius 2 is 1.93 bits per heavy atom. The molecule has 0 saturated carbocycles. The summed E-state index contributed by atoms with van der Waals surface area (Å²) in [6.07, 6.45) is 2.41. The number of fused-ring (bicyclic) bond motifs is 1. The molecule has 1 N–H and O–H groups in total. The number of H-pyrrole nitrogens is 1. The molecule has 2 aromatic heterocycles. The van der Waals surface area contributed by atoms with Crippen molar-refractivity contribution in [2.45, 2.75) is 26.3 Å². The van der Waals surface area contributed by atoms with Gasteiger partial charge in [0.1, 0.15) is 5.69 Å². The number of rotatable bonds is 3. The van der Waals surface area contributed by atoms with Crippen molar-refractivity contribution in [2.75, 3.05) is 4.90 Å². The SMILES string of the molecule is CCc1n[nH]c2c1C(c1ccc(Cl)cc1)N(c1cc(C)c(=O)n(C)c1)C2=O. The van der Waals surface area contributed by atoms with Gasteiger partial charge in [-0.2, -0.15) is 5.10 Å². The van der Waals surface area contributed by atoms with E-state index in [-0.39, 0.29) is 17.5 Å². The zero-order chi connectivity index (χ0) is 19.3. The van der Waals surface area contributed by atoms with Crippen LogP contribution in [0.5, 0.6) is 0 Å². The van der Waals surface area contributed by atoms with Crippen molar-refractivity contribution >= 4 is 23.2 Å². The number of halogens is 1. The molecule has 0 bridgehead atoms. The van der Waals surface area contributed by atoms with E-state index in [1.165, 1.54) is 4.57 Å². The third-order valence-electron chi connectivity index (χ3n) is 4.99. The maximum Gasteiger partial charge on any atom is 0.277 e. The van der Waals surface area contributed by atoms with Crippen LogP contribution in [0.3, 0.4) is 0 Å². The van der Waals surface area contributed by atoms with Crippen LogP contribution in [-0.4, -0.2) is 20.7 Å². The number of hydrogen-bond donors (Lipinski definition) is 1. The lowest BCUT2D eigenvalue weighted by atomic mass is 9.98. The minimum atomic E-state index is -0.324. The Morgan fingerprint density at radius 3 is 2.56 bits per heavy atom. The summed E-state index contributed by atoms with van der Waals surface area (Å²) in [5.74, 6) is -0.157. The van der Waals surface area contributed by atoms with Crippen LogP contribution in [0.2, 0.25) is 5.02 Å². The number of carbonyl (C=O) groups is 1. The first-order valence-corrected chi connectivity index (χ1v) is 9.13. The summed E-state index contributed by atoms with van der Waals surface area (Å²) in [4.78, 5) is 27.0. The number of aryl methyl sites for hydroxylation is 3. The lowest BCUT2D eigenvalue weighted by molar-refractivity contribution is 0.0988. The first kappa shape index (κ1) is 17.5. The molecule has 3 aromatic rings. The van der Waals surface area contributed by atoms with Gasteiger partial charge in [-0.3, -0.25) is 19.6 Å². The average molecular weight is 383 g/mol. The maximum atomic E-state index is 13.2. The summed E-state index contributed by atoms with van der Waals surface area (Å²) in [6, 6.07) is 8.90. The lowest BCUT2D eigenvalue weighted by Crippen LogP contribution is -2.31. The Labute approximate surface area is 161 Å². The summed E-state index contributed by atoms with van der Waals surface area (Å²) in [5, 5.41) is 7.86. The average Bonchev–Trinajstić information content (AvgIpc) is 3.19. The van der Waals surface area contributed by atoms with Crippen molar-refractivity contribution in [3.05, 3.63) is 80.0 Å². The van der Waals surface area contributed by atoms with Crippen LogP contribution in [0.4, 0.5) is 5.69 Å². The van der Waals surface area contributed by atoms with Crippen LogP contribution in [-0.2, 0) is 13.5 Å². The van der Waals surface area contributed by atoms with Crippen LogP contribution < -0.4 is 10.5 Å². The van der Waals surface area contributed by atoms with Gasteiger partial charge in [-0.25, -0.2) is 0 Å². The van der Waals surface area contributed by atoms with E-state index < -0.39 is 0 Å². The fraction of sp³-hybridized carbons (Fsp3) is 0.250. The molecule has 1 aliphatic heterocycles. The van der Waals surface area contributed by atoms with E-state index in [0.717, 1.165) is 16.8 Å². The van der Waals surface area contributed by atoms with Gasteiger partial charge in [0.15, 0.2) is 0 Å². The van der Waals surface area contributed by atoms with Crippen molar-refractivity contribution < 1.29 is 4.79 Å². The van der Waals surface area contributed by atoms with Crippen LogP contribution in [0, 0.1) is 6.92 Å². The molecule has 138 valence electrons. The number of anilines is 1. The number of nitrogens with one attached hydrogen (secondary N) is 1. The molecule has 0 radical (unpaired) electrons. The molecule has 0 aliphatic carbocycles. The highest BCUT2D eigenvalue weighted by Crippen LogP contribution is 2.42. The smallest absolute Gasteiger partial charge is 0.277 e. The molecule has 1 aromatic carbocycles. The number of carbonyl (C=O) groups excluding carboxylic acids is 1. The molecule has 0 saturated heterocycles. The first-order valence-electron chi connectivity index (χ1n) is 8.75. The number of aromatic amines is 1. The summed E-state index contributed by atoms with van der Waals surface area (Å²) in [7, 11) is 1.69. The molecule has 1 amide bonds. The molecule has 27 heavy (non-hydrogen) atoms. The first-order chi connectivity index (χ1) is 12.9. The molecule has 0 spiro atoms. The molecule has 4 rings (SSSR count). The van der Waals surface area contributed by atoms with Crippen molar-refractivity contribution in [3.8, 4) is 0 Å². The number of hydrogen-bond acceptors (Lipinski definition) is 3. The molecule has 3 heterocycles. The minimum Gasteiger partial charge on any atom is -0.316 e. The van der Waals surface area contributed by atoms with Gasteiger partial charge in [-0.1, -0.05) is 30.7 Å². The normalized spacial score (nSPS) is 16.1. The molecule has 6 nitrogen and oxygen atoms in total. The van der Waals surface area contributed by atoms with Crippen LogP contribution in [0.25, 0.3) is 0 Å². The van der Waals surface area contributed by atoms with E-state index in [9.17, 15) is 9.59 Å². The number of nitrogens with zero attached hydrogens (tertiary/aromatic N) is 3. The van der Waals surface area contributed by atoms with Crippen LogP contribution in [0.15, 0.2) is 41.3 Å². The predicted octanol–water partition coefficient (Wildman–Crippen LogP) is 3.38. The van der Waals surface area contributed by atoms with Crippen LogP contribution >= 0.6 is 11.6 Å². The summed E-state index contributed by atoms with van der Waals surface area (Å²) >= 11 is 6.06. The fourth-order valence-electron chi connectivity index (χ4n) is 3.70. The van der Waals surface area contributed by atoms with Gasteiger partial charge in [0, 0.05) is 29.4 Å². The molecule has 0 fully saturated rings. The van der Waals surface area contributed by atoms with Gasteiger partial charge < -0.3 is 4.57 Å². The predicted molar refractivity (Wildman–Crippen MR) is 104 cm³/mol. The Balaban J connectivity index is 1.95. The molecule has 7 heteroatoms. The minimum absolute atomic E-state index is 0.0807. The topological polar surface area (TPSA) is 71.0 Å². The summed E-state index contributed by atoms with van der Waals surface area (Å²) < 4.78 is 1.50. The van der Waals surface area contributed by atoms with E-state index in [1.807, 2.05) is 31.2 Å². The summed E-state index contributed by atoms with van der Waals surface area (Å²) in [6.45, 7) is 3.76. The van der Waals surface area contributed by atoms with Crippen molar-refractivity contribution in [1.29, 1.82) is 0 Å². The number of amides is 1. The molecular weight excluding hydrogens is 364 g/mol. The third-order valence-corrected chi connectivity index (χ3v) is 5.25. The van der Waals surface area contributed by atoms with E-state index >= 15 is 0 Å². The standard InChI is InChI=1S/C20H19ClN4O2/c1-4-15-16-17(23-22-15)20(27)25(14-9-11(2)19(26)24(3)10-14)18(16)12-5-7-13(21)8-6-12/h5-10,18H,4H2,1-3H3,(H,22,23). The van der Waals surface area contributed by atoms with E-state index in [0.29, 0.717) is 28.4 Å². The maximum absolute atomic E-state index is 13.2. The second-order valence-electron chi connectivity index (χ2n) is 6.74. The third kappa shape index (κ3) is 2.68. The largest absolute Gasteiger partial charge is 0.316 e. The Kier molecular flexibility index (Phi) is 4.15. The van der Waals surface area contributed by atoms with Gasteiger partial charge in [0.2, 0.25) is 0 Å². The van der Waals surface area contributed by atoms with Crippen LogP contribution in [0.1, 0.15) is 45.8 Å². The monoisotopic (exact) mass is 382 g/mol. The number of benzene rings is 1. The number of pyridine rings is 1. The fourth-order valence-corrected chi connectivity index (χ4v) is 3.82. The van der Waals surface area contributed by atoms with Gasteiger partial charge >= 0.3 is 0 Å². The molecular formula is C20H19ClN4O2. The highest BCUT2D eigenvalue weighted by Gasteiger charge is 2.42. The Bertz CT molecular complexity index is 1070. The summed E-state index contributed by atoms with van der Waals surface area (Å²) in [5.41, 5.74) is 4.36. The molecule has 1 unspecified atom stereocenters. The highest BCUT2D eigenvalue weighted by molar-refractivity contribution is 6.30. The zero-order valence-electron chi connectivity index (χ0n) is 15.3. The second-order valence-corrected chi connectivity index (χ2v) is 7.18. The lowest BCUT2D eigenvalue weighted by Gasteiger charge is -2.27. The van der Waals surface area contributed by atoms with Gasteiger partial charge in [0.05, 0.1) is 17.4 Å². The van der Waals surface area contributed by atoms with Gasteiger partial charge in [-0.15, -0.1) is 0 Å². The molecule has 1 aliphatic rings.